The van der Waals surface area contributed by atoms with Gasteiger partial charge in [0.2, 0.25) is 0 Å². The second-order valence-electron chi connectivity index (χ2n) is 4.75. The van der Waals surface area contributed by atoms with Gasteiger partial charge in [-0.2, -0.15) is 0 Å². The Balaban J connectivity index is 2.14. The number of hydrogen-bond acceptors (Lipinski definition) is 3. The van der Waals surface area contributed by atoms with Crippen molar-refractivity contribution in [3.05, 3.63) is 35.4 Å². The van der Waals surface area contributed by atoms with Gasteiger partial charge in [0.15, 0.2) is 0 Å². The number of methoxy groups -OCH3 is 1. The van der Waals surface area contributed by atoms with E-state index in [1.807, 2.05) is 18.2 Å². The van der Waals surface area contributed by atoms with E-state index >= 15 is 0 Å². The lowest BCUT2D eigenvalue weighted by molar-refractivity contribution is -0.0669. The van der Waals surface area contributed by atoms with E-state index in [4.69, 9.17) is 4.74 Å². The first-order valence-electron chi connectivity index (χ1n) is 5.62. The molecule has 0 spiro atoms. The number of amides is 1. The topological polar surface area (TPSA) is 49.8 Å². The van der Waals surface area contributed by atoms with Crippen LogP contribution in [-0.4, -0.2) is 41.7 Å². The maximum absolute atomic E-state index is 12.2. The normalized spacial score (nSPS) is 17.7. The maximum Gasteiger partial charge on any atom is 0.254 e. The molecule has 0 unspecified atom stereocenters. The molecular weight excluding hydrogens is 218 g/mol. The van der Waals surface area contributed by atoms with E-state index in [1.54, 1.807) is 25.0 Å². The molecule has 0 bridgehead atoms. The first kappa shape index (κ1) is 12.1. The Morgan fingerprint density at radius 2 is 2.12 bits per heavy atom. The van der Waals surface area contributed by atoms with Crippen molar-refractivity contribution >= 4 is 5.91 Å². The van der Waals surface area contributed by atoms with Crippen LogP contribution in [0.5, 0.6) is 0 Å². The van der Waals surface area contributed by atoms with Gasteiger partial charge >= 0.3 is 0 Å². The maximum atomic E-state index is 12.2. The minimum absolute atomic E-state index is 0.0378. The van der Waals surface area contributed by atoms with Crippen LogP contribution < -0.4 is 0 Å². The van der Waals surface area contributed by atoms with Crippen LogP contribution in [0.15, 0.2) is 24.3 Å². The van der Waals surface area contributed by atoms with Gasteiger partial charge in [-0.1, -0.05) is 18.2 Å². The summed E-state index contributed by atoms with van der Waals surface area (Å²) in [5.74, 6) is -0.0378. The van der Waals surface area contributed by atoms with Crippen LogP contribution >= 0.6 is 0 Å². The zero-order valence-electron chi connectivity index (χ0n) is 10.1. The smallest absolute Gasteiger partial charge is 0.254 e. The van der Waals surface area contributed by atoms with Crippen LogP contribution in [0.3, 0.4) is 0 Å². The van der Waals surface area contributed by atoms with Gasteiger partial charge in [0.25, 0.3) is 5.91 Å². The summed E-state index contributed by atoms with van der Waals surface area (Å²) in [5, 5.41) is 9.63. The molecule has 1 aliphatic rings. The number of hydrogen-bond donors (Lipinski definition) is 1. The summed E-state index contributed by atoms with van der Waals surface area (Å²) in [7, 11) is 1.61. The molecule has 0 saturated carbocycles. The third-order valence-corrected chi connectivity index (χ3v) is 2.90. The summed E-state index contributed by atoms with van der Waals surface area (Å²) in [6.45, 7) is 2.95. The lowest BCUT2D eigenvalue weighted by atomic mass is 9.95. The van der Waals surface area contributed by atoms with Gasteiger partial charge in [-0.05, 0) is 18.6 Å². The van der Waals surface area contributed by atoms with Crippen LogP contribution in [0, 0.1) is 0 Å². The Kier molecular flexibility index (Phi) is 3.17. The van der Waals surface area contributed by atoms with Crippen molar-refractivity contribution in [1.29, 1.82) is 0 Å². The summed E-state index contributed by atoms with van der Waals surface area (Å²) in [4.78, 5) is 13.8. The van der Waals surface area contributed by atoms with Crippen LogP contribution in [0.4, 0.5) is 0 Å². The number of β-amino-alcohol motifs (C(OH)–C–C–N with tert-alkyl or cyclic N) is 1. The molecular formula is C13H17NO3. The molecule has 92 valence electrons. The van der Waals surface area contributed by atoms with E-state index in [-0.39, 0.29) is 5.91 Å². The number of carbonyl (C=O) groups is 1. The monoisotopic (exact) mass is 235 g/mol. The molecule has 1 saturated heterocycles. The van der Waals surface area contributed by atoms with Crippen LogP contribution in [0.25, 0.3) is 0 Å². The summed E-state index contributed by atoms with van der Waals surface area (Å²) in [5.41, 5.74) is 0.808. The third kappa shape index (κ3) is 2.48. The summed E-state index contributed by atoms with van der Waals surface area (Å²) in [6.07, 6.45) is 0. The van der Waals surface area contributed by atoms with E-state index < -0.39 is 5.60 Å². The molecule has 1 N–H and O–H groups in total. The molecule has 1 amide bonds. The third-order valence-electron chi connectivity index (χ3n) is 2.90. The standard InChI is InChI=1S/C13H17NO3/c1-13(16)8-14(9-13)12(15)11-6-4-3-5-10(11)7-17-2/h3-6,16H,7-9H2,1-2H3. The lowest BCUT2D eigenvalue weighted by Crippen LogP contribution is -2.61. The van der Waals surface area contributed by atoms with Crippen molar-refractivity contribution in [2.75, 3.05) is 20.2 Å². The Morgan fingerprint density at radius 1 is 1.47 bits per heavy atom. The highest BCUT2D eigenvalue weighted by Gasteiger charge is 2.39. The van der Waals surface area contributed by atoms with Crippen molar-refractivity contribution < 1.29 is 14.6 Å². The average molecular weight is 235 g/mol. The van der Waals surface area contributed by atoms with Crippen LogP contribution in [0.2, 0.25) is 0 Å². The Bertz CT molecular complexity index is 420. The van der Waals surface area contributed by atoms with Gasteiger partial charge in [0.05, 0.1) is 25.3 Å². The number of nitrogens with zero attached hydrogens (tertiary/aromatic N) is 1. The molecule has 4 heteroatoms. The van der Waals surface area contributed by atoms with Gasteiger partial charge < -0.3 is 14.7 Å². The predicted molar refractivity (Wildman–Crippen MR) is 63.7 cm³/mol. The van der Waals surface area contributed by atoms with Crippen molar-refractivity contribution in [2.45, 2.75) is 19.1 Å². The van der Waals surface area contributed by atoms with Gasteiger partial charge in [0, 0.05) is 12.7 Å². The molecule has 2 rings (SSSR count). The summed E-state index contributed by atoms with van der Waals surface area (Å²) in [6, 6.07) is 7.40. The molecule has 17 heavy (non-hydrogen) atoms. The molecule has 1 fully saturated rings. The van der Waals surface area contributed by atoms with Crippen molar-refractivity contribution in [3.63, 3.8) is 0 Å². The highest BCUT2D eigenvalue weighted by atomic mass is 16.5. The van der Waals surface area contributed by atoms with Crippen LogP contribution in [0.1, 0.15) is 22.8 Å². The number of ether oxygens (including phenoxy) is 1. The summed E-state index contributed by atoms with van der Waals surface area (Å²) >= 11 is 0. The molecule has 4 nitrogen and oxygen atoms in total. The van der Waals surface area contributed by atoms with Gasteiger partial charge in [-0.25, -0.2) is 0 Å². The number of aliphatic hydroxyl groups is 1. The van der Waals surface area contributed by atoms with E-state index in [0.717, 1.165) is 5.56 Å². The Morgan fingerprint density at radius 3 is 2.71 bits per heavy atom. The lowest BCUT2D eigenvalue weighted by Gasteiger charge is -2.44. The van der Waals surface area contributed by atoms with Crippen LogP contribution in [-0.2, 0) is 11.3 Å². The van der Waals surface area contributed by atoms with Gasteiger partial charge in [-0.15, -0.1) is 0 Å². The quantitative estimate of drug-likeness (QED) is 0.851. The molecule has 0 aliphatic carbocycles. The highest BCUT2D eigenvalue weighted by molar-refractivity contribution is 5.96. The van der Waals surface area contributed by atoms with Gasteiger partial charge in [0.1, 0.15) is 0 Å². The molecule has 1 aromatic rings. The van der Waals surface area contributed by atoms with E-state index in [1.165, 1.54) is 0 Å². The molecule has 0 radical (unpaired) electrons. The summed E-state index contributed by atoms with van der Waals surface area (Å²) < 4.78 is 5.07. The Labute approximate surface area is 101 Å². The second kappa shape index (κ2) is 4.47. The molecule has 1 aromatic carbocycles. The second-order valence-corrected chi connectivity index (χ2v) is 4.75. The molecule has 1 aliphatic heterocycles. The number of rotatable bonds is 3. The fourth-order valence-electron chi connectivity index (χ4n) is 2.10. The number of benzene rings is 1. The van der Waals surface area contributed by atoms with Crippen molar-refractivity contribution in [1.82, 2.24) is 4.90 Å². The zero-order valence-corrected chi connectivity index (χ0v) is 10.1. The van der Waals surface area contributed by atoms with Crippen molar-refractivity contribution in [3.8, 4) is 0 Å². The fourth-order valence-corrected chi connectivity index (χ4v) is 2.10. The zero-order chi connectivity index (χ0) is 12.5. The fraction of sp³-hybridized carbons (Fsp3) is 0.462. The Hall–Kier alpha value is -1.39. The average Bonchev–Trinajstić information content (AvgIpc) is 2.26. The largest absolute Gasteiger partial charge is 0.386 e. The van der Waals surface area contributed by atoms with E-state index in [2.05, 4.69) is 0 Å². The minimum atomic E-state index is -0.730. The molecule has 0 aromatic heterocycles. The highest BCUT2D eigenvalue weighted by Crippen LogP contribution is 2.23. The van der Waals surface area contributed by atoms with E-state index in [9.17, 15) is 9.90 Å². The first-order chi connectivity index (χ1) is 8.03. The predicted octanol–water partition coefficient (Wildman–Crippen LogP) is 1.04. The van der Waals surface area contributed by atoms with Gasteiger partial charge in [-0.3, -0.25) is 4.79 Å². The van der Waals surface area contributed by atoms with Crippen molar-refractivity contribution in [2.24, 2.45) is 0 Å². The number of likely N-dealkylation sites (tertiary alicyclic amines) is 1. The molecule has 1 heterocycles. The SMILES string of the molecule is COCc1ccccc1C(=O)N1CC(C)(O)C1. The van der Waals surface area contributed by atoms with E-state index in [0.29, 0.717) is 25.3 Å². The number of carbonyl (C=O) groups excluding carboxylic acids is 1. The minimum Gasteiger partial charge on any atom is -0.386 e. The first-order valence-corrected chi connectivity index (χ1v) is 5.62. The molecule has 0 atom stereocenters.